The number of ether oxygens (including phenoxy) is 1. The van der Waals surface area contributed by atoms with E-state index in [1.807, 2.05) is 42.8 Å². The summed E-state index contributed by atoms with van der Waals surface area (Å²) in [6.07, 6.45) is 0.898. The Labute approximate surface area is 192 Å². The van der Waals surface area contributed by atoms with Crippen LogP contribution < -0.4 is 5.56 Å². The Bertz CT molecular complexity index is 1270. The summed E-state index contributed by atoms with van der Waals surface area (Å²) in [5.74, 6) is 0.254. The highest BCUT2D eigenvalue weighted by Crippen LogP contribution is 2.34. The molecule has 0 saturated heterocycles. The molecule has 0 spiro atoms. The van der Waals surface area contributed by atoms with Crippen LogP contribution in [-0.2, 0) is 11.3 Å². The summed E-state index contributed by atoms with van der Waals surface area (Å²) in [4.78, 5) is 34.8. The van der Waals surface area contributed by atoms with Gasteiger partial charge < -0.3 is 14.3 Å². The smallest absolute Gasteiger partial charge is 0.260 e. The summed E-state index contributed by atoms with van der Waals surface area (Å²) < 4.78 is 7.28. The molecule has 0 aliphatic rings. The predicted octanol–water partition coefficient (Wildman–Crippen LogP) is 5.14. The maximum absolute atomic E-state index is 12.9. The third-order valence-electron chi connectivity index (χ3n) is 5.15. The number of carbonyl (C=O) groups is 1. The normalized spacial score (nSPS) is 11.5. The molecule has 0 radical (unpaired) electrons. The number of hydrogen-bond donors (Lipinski definition) is 1. The van der Waals surface area contributed by atoms with Crippen molar-refractivity contribution in [2.24, 2.45) is 0 Å². The monoisotopic (exact) mass is 473 g/mol. The molecule has 0 aromatic carbocycles. The van der Waals surface area contributed by atoms with E-state index in [2.05, 4.69) is 14.5 Å². The molecule has 4 rings (SSSR count). The number of H-pyrrole nitrogens is 1. The Morgan fingerprint density at radius 2 is 2.16 bits per heavy atom. The maximum atomic E-state index is 12.9. The van der Waals surface area contributed by atoms with Crippen molar-refractivity contribution in [1.29, 1.82) is 0 Å². The van der Waals surface area contributed by atoms with E-state index in [9.17, 15) is 9.59 Å². The molecule has 4 aromatic rings. The SMILES string of the molecule is COCCCn1c(C)cc(C(=O)CSc2nc3scc(-c4cccs4)c3c(=O)[nH]2)c1C. The molecule has 9 heteroatoms. The Balaban J connectivity index is 1.50. The molecule has 162 valence electrons. The van der Waals surface area contributed by atoms with Crippen LogP contribution in [0.2, 0.25) is 0 Å². The zero-order valence-electron chi connectivity index (χ0n) is 17.6. The predicted molar refractivity (Wildman–Crippen MR) is 129 cm³/mol. The number of rotatable bonds is 9. The number of nitrogens with one attached hydrogen (secondary N) is 1. The number of Topliss-reactive ketones (excluding diaryl/α,β-unsaturated/α-hetero) is 1. The summed E-state index contributed by atoms with van der Waals surface area (Å²) >= 11 is 4.32. The largest absolute Gasteiger partial charge is 0.385 e. The van der Waals surface area contributed by atoms with E-state index < -0.39 is 0 Å². The Morgan fingerprint density at radius 1 is 1.32 bits per heavy atom. The van der Waals surface area contributed by atoms with Gasteiger partial charge in [0, 0.05) is 53.0 Å². The minimum absolute atomic E-state index is 0.0318. The topological polar surface area (TPSA) is 77.0 Å². The second kappa shape index (κ2) is 9.52. The number of ketones is 1. The summed E-state index contributed by atoms with van der Waals surface area (Å²) in [7, 11) is 1.69. The van der Waals surface area contributed by atoms with Gasteiger partial charge in [-0.2, -0.15) is 0 Å². The average Bonchev–Trinajstić information content (AvgIpc) is 3.47. The number of fused-ring (bicyclic) bond motifs is 1. The minimum atomic E-state index is -0.166. The van der Waals surface area contributed by atoms with Gasteiger partial charge in [-0.1, -0.05) is 17.8 Å². The fourth-order valence-electron chi connectivity index (χ4n) is 3.62. The maximum Gasteiger partial charge on any atom is 0.260 e. The number of aromatic nitrogens is 3. The van der Waals surface area contributed by atoms with Crippen molar-refractivity contribution in [2.75, 3.05) is 19.5 Å². The zero-order chi connectivity index (χ0) is 22.0. The van der Waals surface area contributed by atoms with Gasteiger partial charge in [-0.25, -0.2) is 4.98 Å². The van der Waals surface area contributed by atoms with Gasteiger partial charge in [-0.15, -0.1) is 22.7 Å². The molecule has 6 nitrogen and oxygen atoms in total. The molecule has 0 aliphatic heterocycles. The number of thiophene rings is 2. The van der Waals surface area contributed by atoms with Crippen LogP contribution in [0.4, 0.5) is 0 Å². The molecule has 0 bridgehead atoms. The van der Waals surface area contributed by atoms with Crippen molar-refractivity contribution in [3.63, 3.8) is 0 Å². The van der Waals surface area contributed by atoms with Gasteiger partial charge in [-0.3, -0.25) is 9.59 Å². The number of thioether (sulfide) groups is 1. The van der Waals surface area contributed by atoms with Crippen LogP contribution in [-0.4, -0.2) is 39.8 Å². The Kier molecular flexibility index (Phi) is 6.76. The van der Waals surface area contributed by atoms with Crippen LogP contribution in [0.5, 0.6) is 0 Å². The summed E-state index contributed by atoms with van der Waals surface area (Å²) in [6.45, 7) is 5.50. The molecule has 0 amide bonds. The number of hydrogen-bond acceptors (Lipinski definition) is 7. The summed E-state index contributed by atoms with van der Waals surface area (Å²) in [6, 6.07) is 5.91. The van der Waals surface area contributed by atoms with E-state index >= 15 is 0 Å². The van der Waals surface area contributed by atoms with Crippen LogP contribution in [0.25, 0.3) is 20.7 Å². The lowest BCUT2D eigenvalue weighted by Gasteiger charge is -2.09. The molecule has 0 aliphatic carbocycles. The van der Waals surface area contributed by atoms with Gasteiger partial charge in [0.1, 0.15) is 4.83 Å². The highest BCUT2D eigenvalue weighted by atomic mass is 32.2. The lowest BCUT2D eigenvalue weighted by atomic mass is 10.2. The van der Waals surface area contributed by atoms with E-state index in [1.54, 1.807) is 18.4 Å². The van der Waals surface area contributed by atoms with E-state index in [4.69, 9.17) is 4.74 Å². The van der Waals surface area contributed by atoms with Crippen molar-refractivity contribution in [3.8, 4) is 10.4 Å². The second-order valence-corrected chi connectivity index (χ2v) is 9.94. The first-order chi connectivity index (χ1) is 15.0. The van der Waals surface area contributed by atoms with E-state index in [0.29, 0.717) is 22.0 Å². The molecule has 0 unspecified atom stereocenters. The van der Waals surface area contributed by atoms with Crippen molar-refractivity contribution >= 4 is 50.4 Å². The summed E-state index contributed by atoms with van der Waals surface area (Å²) in [5, 5.41) is 5.05. The van der Waals surface area contributed by atoms with Crippen molar-refractivity contribution in [1.82, 2.24) is 14.5 Å². The minimum Gasteiger partial charge on any atom is -0.385 e. The van der Waals surface area contributed by atoms with Gasteiger partial charge in [0.05, 0.1) is 11.1 Å². The first-order valence-electron chi connectivity index (χ1n) is 9.86. The molecule has 4 aromatic heterocycles. The van der Waals surface area contributed by atoms with Crippen LogP contribution in [0.1, 0.15) is 28.2 Å². The van der Waals surface area contributed by atoms with Gasteiger partial charge >= 0.3 is 0 Å². The van der Waals surface area contributed by atoms with Gasteiger partial charge in [0.2, 0.25) is 0 Å². The third-order valence-corrected chi connectivity index (χ3v) is 7.80. The van der Waals surface area contributed by atoms with Crippen LogP contribution in [0, 0.1) is 13.8 Å². The van der Waals surface area contributed by atoms with Crippen LogP contribution >= 0.6 is 34.4 Å². The molecule has 0 fully saturated rings. The van der Waals surface area contributed by atoms with Crippen molar-refractivity contribution in [2.45, 2.75) is 32.0 Å². The fraction of sp³-hybridized carbons (Fsp3) is 0.318. The second-order valence-electron chi connectivity index (χ2n) is 7.17. The highest BCUT2D eigenvalue weighted by Gasteiger charge is 2.18. The Morgan fingerprint density at radius 3 is 2.90 bits per heavy atom. The lowest BCUT2D eigenvalue weighted by molar-refractivity contribution is 0.102. The molecular formula is C22H23N3O3S3. The van der Waals surface area contributed by atoms with Gasteiger partial charge in [-0.05, 0) is 37.8 Å². The van der Waals surface area contributed by atoms with Crippen molar-refractivity contribution in [3.05, 3.63) is 56.3 Å². The van der Waals surface area contributed by atoms with E-state index in [0.717, 1.165) is 40.4 Å². The zero-order valence-corrected chi connectivity index (χ0v) is 20.0. The van der Waals surface area contributed by atoms with Gasteiger partial charge in [0.25, 0.3) is 5.56 Å². The van der Waals surface area contributed by atoms with E-state index in [1.165, 1.54) is 23.1 Å². The molecule has 0 atom stereocenters. The standard InChI is InChI=1S/C22H23N3O3S3/c1-13-10-15(14(2)25(13)7-5-8-28-3)17(26)12-31-22-23-20(27)19-16(11-30-21(19)24-22)18-6-4-9-29-18/h4,6,9-11H,5,7-8,12H2,1-3H3,(H,23,24,27). The van der Waals surface area contributed by atoms with Crippen LogP contribution in [0.3, 0.4) is 0 Å². The first kappa shape index (κ1) is 22.0. The summed E-state index contributed by atoms with van der Waals surface area (Å²) in [5.41, 5.74) is 3.50. The quantitative estimate of drug-likeness (QED) is 0.158. The number of aromatic amines is 1. The van der Waals surface area contributed by atoms with Crippen LogP contribution in [0.15, 0.2) is 38.9 Å². The number of carbonyl (C=O) groups excluding carboxylic acids is 1. The molecule has 31 heavy (non-hydrogen) atoms. The number of nitrogens with zero attached hydrogens (tertiary/aromatic N) is 2. The highest BCUT2D eigenvalue weighted by molar-refractivity contribution is 7.99. The van der Waals surface area contributed by atoms with Gasteiger partial charge in [0.15, 0.2) is 10.9 Å². The Hall–Kier alpha value is -2.20. The number of methoxy groups -OCH3 is 1. The average molecular weight is 474 g/mol. The molecule has 1 N–H and O–H groups in total. The first-order valence-corrected chi connectivity index (χ1v) is 12.6. The lowest BCUT2D eigenvalue weighted by Crippen LogP contribution is -2.11. The third kappa shape index (κ3) is 4.55. The van der Waals surface area contributed by atoms with E-state index in [-0.39, 0.29) is 17.1 Å². The van der Waals surface area contributed by atoms with Crippen molar-refractivity contribution < 1.29 is 9.53 Å². The fourth-order valence-corrected chi connectivity index (χ4v) is 6.18. The molecular weight excluding hydrogens is 450 g/mol. The molecule has 4 heterocycles. The molecule has 0 saturated carbocycles. The number of aryl methyl sites for hydroxylation is 1.